The molecule has 0 saturated heterocycles. The summed E-state index contributed by atoms with van der Waals surface area (Å²) in [5, 5.41) is 8.87. The summed E-state index contributed by atoms with van der Waals surface area (Å²) in [4.78, 5) is 10.8. The molecule has 0 bridgehead atoms. The summed E-state index contributed by atoms with van der Waals surface area (Å²) >= 11 is 3.39. The van der Waals surface area contributed by atoms with Crippen molar-refractivity contribution in [2.24, 2.45) is 0 Å². The predicted octanol–water partition coefficient (Wildman–Crippen LogP) is 4.17. The van der Waals surface area contributed by atoms with E-state index in [-0.39, 0.29) is 12.2 Å². The highest BCUT2D eigenvalue weighted by molar-refractivity contribution is 9.10. The maximum atomic E-state index is 13.3. The minimum absolute atomic E-state index is 0.0874. The van der Waals surface area contributed by atoms with Gasteiger partial charge in [-0.05, 0) is 54.4 Å². The van der Waals surface area contributed by atoms with Crippen molar-refractivity contribution in [1.82, 2.24) is 0 Å². The van der Waals surface area contributed by atoms with Crippen molar-refractivity contribution >= 4 is 21.9 Å². The molecule has 20 heavy (non-hydrogen) atoms. The monoisotopic (exact) mass is 338 g/mol. The van der Waals surface area contributed by atoms with E-state index in [4.69, 9.17) is 9.84 Å². The van der Waals surface area contributed by atoms with Gasteiger partial charge in [-0.15, -0.1) is 0 Å². The Balaban J connectivity index is 2.14. The molecule has 0 aliphatic heterocycles. The van der Waals surface area contributed by atoms with E-state index in [1.807, 2.05) is 19.1 Å². The Hall–Kier alpha value is -1.88. The molecule has 104 valence electrons. The Labute approximate surface area is 124 Å². The zero-order valence-electron chi connectivity index (χ0n) is 10.7. The van der Waals surface area contributed by atoms with Crippen LogP contribution in [0, 0.1) is 12.7 Å². The molecular formula is C15H12BrFO3. The van der Waals surface area contributed by atoms with E-state index in [9.17, 15) is 9.18 Å². The highest BCUT2D eigenvalue weighted by Gasteiger charge is 2.08. The lowest BCUT2D eigenvalue weighted by atomic mass is 10.1. The summed E-state index contributed by atoms with van der Waals surface area (Å²) in [5.41, 5.74) is 1.41. The molecule has 2 aromatic rings. The number of carbonyl (C=O) groups is 1. The third-order valence-corrected chi connectivity index (χ3v) is 3.63. The molecule has 2 rings (SSSR count). The molecule has 5 heteroatoms. The van der Waals surface area contributed by atoms with Crippen LogP contribution in [0.5, 0.6) is 5.75 Å². The van der Waals surface area contributed by atoms with Gasteiger partial charge in [-0.2, -0.15) is 0 Å². The van der Waals surface area contributed by atoms with Gasteiger partial charge in [0.05, 0.1) is 5.56 Å². The van der Waals surface area contributed by atoms with Crippen LogP contribution in [0.25, 0.3) is 0 Å². The van der Waals surface area contributed by atoms with E-state index >= 15 is 0 Å². The summed E-state index contributed by atoms with van der Waals surface area (Å²) < 4.78 is 19.8. The van der Waals surface area contributed by atoms with Gasteiger partial charge in [0, 0.05) is 4.47 Å². The van der Waals surface area contributed by atoms with Crippen LogP contribution in [-0.2, 0) is 6.61 Å². The molecule has 0 unspecified atom stereocenters. The molecular weight excluding hydrogens is 327 g/mol. The second-order valence-corrected chi connectivity index (χ2v) is 5.21. The van der Waals surface area contributed by atoms with Gasteiger partial charge in [-0.3, -0.25) is 0 Å². The minimum Gasteiger partial charge on any atom is -0.489 e. The molecule has 0 saturated carbocycles. The van der Waals surface area contributed by atoms with Gasteiger partial charge in [0.15, 0.2) is 0 Å². The van der Waals surface area contributed by atoms with Gasteiger partial charge >= 0.3 is 5.97 Å². The van der Waals surface area contributed by atoms with Crippen LogP contribution in [0.3, 0.4) is 0 Å². The average molecular weight is 339 g/mol. The number of carboxylic acids is 1. The molecule has 0 aliphatic rings. The number of ether oxygens (including phenoxy) is 1. The summed E-state index contributed by atoms with van der Waals surface area (Å²) in [6.07, 6.45) is 0. The van der Waals surface area contributed by atoms with E-state index in [2.05, 4.69) is 15.9 Å². The van der Waals surface area contributed by atoms with Gasteiger partial charge in [0.1, 0.15) is 18.2 Å². The van der Waals surface area contributed by atoms with Crippen LogP contribution < -0.4 is 4.74 Å². The molecule has 0 aromatic heterocycles. The molecule has 0 heterocycles. The lowest BCUT2D eigenvalue weighted by molar-refractivity contribution is 0.0696. The fourth-order valence-electron chi connectivity index (χ4n) is 1.73. The molecule has 0 atom stereocenters. The van der Waals surface area contributed by atoms with Crippen molar-refractivity contribution < 1.29 is 19.0 Å². The highest BCUT2D eigenvalue weighted by atomic mass is 79.9. The predicted molar refractivity (Wildman–Crippen MR) is 76.6 cm³/mol. The normalized spacial score (nSPS) is 10.3. The van der Waals surface area contributed by atoms with Gasteiger partial charge in [0.25, 0.3) is 0 Å². The van der Waals surface area contributed by atoms with E-state index < -0.39 is 11.8 Å². The summed E-state index contributed by atoms with van der Waals surface area (Å²) in [6, 6.07) is 9.14. The number of halogens is 2. The molecule has 2 aromatic carbocycles. The Kier molecular flexibility index (Phi) is 4.39. The SMILES string of the molecule is Cc1cc(OCc2cc(F)cc(C(=O)O)c2)ccc1Br. The van der Waals surface area contributed by atoms with E-state index in [0.717, 1.165) is 16.1 Å². The van der Waals surface area contributed by atoms with Crippen molar-refractivity contribution in [3.05, 3.63) is 63.4 Å². The van der Waals surface area contributed by atoms with E-state index in [1.165, 1.54) is 12.1 Å². The third kappa shape index (κ3) is 3.57. The Morgan fingerprint density at radius 1 is 1.30 bits per heavy atom. The molecule has 0 spiro atoms. The van der Waals surface area contributed by atoms with Crippen molar-refractivity contribution in [1.29, 1.82) is 0 Å². The van der Waals surface area contributed by atoms with Crippen molar-refractivity contribution in [2.45, 2.75) is 13.5 Å². The van der Waals surface area contributed by atoms with Crippen LogP contribution in [0.1, 0.15) is 21.5 Å². The quantitative estimate of drug-likeness (QED) is 0.909. The number of hydrogen-bond donors (Lipinski definition) is 1. The van der Waals surface area contributed by atoms with Crippen molar-refractivity contribution in [3.8, 4) is 5.75 Å². The fraction of sp³-hybridized carbons (Fsp3) is 0.133. The first-order chi connectivity index (χ1) is 9.45. The van der Waals surface area contributed by atoms with Gasteiger partial charge in [-0.1, -0.05) is 15.9 Å². The summed E-state index contributed by atoms with van der Waals surface area (Å²) in [5.74, 6) is -1.10. The van der Waals surface area contributed by atoms with Crippen LogP contribution in [0.2, 0.25) is 0 Å². The van der Waals surface area contributed by atoms with Gasteiger partial charge in [-0.25, -0.2) is 9.18 Å². The maximum Gasteiger partial charge on any atom is 0.335 e. The maximum absolute atomic E-state index is 13.3. The number of rotatable bonds is 4. The molecule has 3 nitrogen and oxygen atoms in total. The standard InChI is InChI=1S/C15H12BrFO3/c1-9-4-13(2-3-14(9)16)20-8-10-5-11(15(18)19)7-12(17)6-10/h2-7H,8H2,1H3,(H,18,19). The van der Waals surface area contributed by atoms with Gasteiger partial charge < -0.3 is 9.84 Å². The number of hydrogen-bond acceptors (Lipinski definition) is 2. The van der Waals surface area contributed by atoms with Crippen LogP contribution >= 0.6 is 15.9 Å². The summed E-state index contributed by atoms with van der Waals surface area (Å²) in [6.45, 7) is 2.04. The zero-order chi connectivity index (χ0) is 14.7. The fourth-order valence-corrected chi connectivity index (χ4v) is 1.98. The number of carboxylic acid groups (broad SMARTS) is 1. The molecule has 1 N–H and O–H groups in total. The van der Waals surface area contributed by atoms with Crippen LogP contribution in [0.4, 0.5) is 4.39 Å². The molecule has 0 amide bonds. The first-order valence-corrected chi connectivity index (χ1v) is 6.67. The Bertz CT molecular complexity index is 656. The second kappa shape index (κ2) is 6.05. The number of aryl methyl sites for hydroxylation is 1. The topological polar surface area (TPSA) is 46.5 Å². The molecule has 0 fully saturated rings. The lowest BCUT2D eigenvalue weighted by Gasteiger charge is -2.09. The Morgan fingerprint density at radius 3 is 2.70 bits per heavy atom. The first kappa shape index (κ1) is 14.5. The molecule has 0 aliphatic carbocycles. The lowest BCUT2D eigenvalue weighted by Crippen LogP contribution is -2.02. The smallest absolute Gasteiger partial charge is 0.335 e. The average Bonchev–Trinajstić information content (AvgIpc) is 2.39. The first-order valence-electron chi connectivity index (χ1n) is 5.87. The van der Waals surface area contributed by atoms with E-state index in [1.54, 1.807) is 6.07 Å². The second-order valence-electron chi connectivity index (χ2n) is 4.35. The van der Waals surface area contributed by atoms with Crippen LogP contribution in [0.15, 0.2) is 40.9 Å². The zero-order valence-corrected chi connectivity index (χ0v) is 12.3. The van der Waals surface area contributed by atoms with Gasteiger partial charge in [0.2, 0.25) is 0 Å². The number of aromatic carboxylic acids is 1. The van der Waals surface area contributed by atoms with E-state index in [0.29, 0.717) is 11.3 Å². The largest absolute Gasteiger partial charge is 0.489 e. The third-order valence-electron chi connectivity index (χ3n) is 2.74. The van der Waals surface area contributed by atoms with Crippen molar-refractivity contribution in [3.63, 3.8) is 0 Å². The highest BCUT2D eigenvalue weighted by Crippen LogP contribution is 2.22. The Morgan fingerprint density at radius 2 is 2.05 bits per heavy atom. The molecule has 0 radical (unpaired) electrons. The summed E-state index contributed by atoms with van der Waals surface area (Å²) in [7, 11) is 0. The minimum atomic E-state index is -1.16. The van der Waals surface area contributed by atoms with Crippen molar-refractivity contribution in [2.75, 3.05) is 0 Å². The van der Waals surface area contributed by atoms with Crippen LogP contribution in [-0.4, -0.2) is 11.1 Å². The number of benzene rings is 2.